The normalized spacial score (nSPS) is 14.0. The fourth-order valence-corrected chi connectivity index (χ4v) is 3.27. The van der Waals surface area contributed by atoms with Gasteiger partial charge in [-0.2, -0.15) is 0 Å². The first kappa shape index (κ1) is 19.8. The molecule has 1 saturated heterocycles. The SMILES string of the molecule is COc1ccc(OC)c(N2CCN(C(=O)NCCc3ccc(F)cc3)CC2)c1. The Morgan fingerprint density at radius 3 is 2.39 bits per heavy atom. The second kappa shape index (κ2) is 9.30. The summed E-state index contributed by atoms with van der Waals surface area (Å²) in [6.07, 6.45) is 0.674. The Balaban J connectivity index is 1.49. The van der Waals surface area contributed by atoms with Gasteiger partial charge in [-0.25, -0.2) is 9.18 Å². The third kappa shape index (κ3) is 4.85. The molecule has 1 aliphatic heterocycles. The number of benzene rings is 2. The first-order valence-corrected chi connectivity index (χ1v) is 9.35. The summed E-state index contributed by atoms with van der Waals surface area (Å²) >= 11 is 0. The second-order valence-corrected chi connectivity index (χ2v) is 6.62. The van der Waals surface area contributed by atoms with Crippen molar-refractivity contribution in [3.8, 4) is 11.5 Å². The summed E-state index contributed by atoms with van der Waals surface area (Å²) in [6, 6.07) is 12.0. The average molecular weight is 387 g/mol. The van der Waals surface area contributed by atoms with Crippen molar-refractivity contribution in [2.45, 2.75) is 6.42 Å². The summed E-state index contributed by atoms with van der Waals surface area (Å²) in [4.78, 5) is 16.4. The second-order valence-electron chi connectivity index (χ2n) is 6.62. The molecule has 1 heterocycles. The number of carbonyl (C=O) groups excluding carboxylic acids is 1. The molecular weight excluding hydrogens is 361 g/mol. The summed E-state index contributed by atoms with van der Waals surface area (Å²) in [5.41, 5.74) is 1.97. The predicted octanol–water partition coefficient (Wildman–Crippen LogP) is 2.92. The van der Waals surface area contributed by atoms with Crippen LogP contribution < -0.4 is 19.7 Å². The number of rotatable bonds is 6. The number of nitrogens with zero attached hydrogens (tertiary/aromatic N) is 2. The van der Waals surface area contributed by atoms with Gasteiger partial charge in [0.2, 0.25) is 0 Å². The number of anilines is 1. The molecule has 28 heavy (non-hydrogen) atoms. The minimum atomic E-state index is -0.252. The van der Waals surface area contributed by atoms with Crippen LogP contribution in [0.3, 0.4) is 0 Å². The zero-order valence-corrected chi connectivity index (χ0v) is 16.3. The van der Waals surface area contributed by atoms with Crippen LogP contribution >= 0.6 is 0 Å². The molecule has 0 spiro atoms. The molecule has 7 heteroatoms. The highest BCUT2D eigenvalue weighted by molar-refractivity contribution is 5.74. The molecule has 0 aromatic heterocycles. The highest BCUT2D eigenvalue weighted by atomic mass is 19.1. The van der Waals surface area contributed by atoms with Crippen LogP contribution in [0.5, 0.6) is 11.5 Å². The topological polar surface area (TPSA) is 54.0 Å². The van der Waals surface area contributed by atoms with E-state index in [-0.39, 0.29) is 11.8 Å². The van der Waals surface area contributed by atoms with Crippen molar-refractivity contribution in [2.24, 2.45) is 0 Å². The Morgan fingerprint density at radius 1 is 1.04 bits per heavy atom. The van der Waals surface area contributed by atoms with E-state index in [1.165, 1.54) is 12.1 Å². The number of ether oxygens (including phenoxy) is 2. The molecule has 6 nitrogen and oxygen atoms in total. The summed E-state index contributed by atoms with van der Waals surface area (Å²) in [6.45, 7) is 3.21. The van der Waals surface area contributed by atoms with E-state index in [0.717, 1.165) is 35.8 Å². The molecular formula is C21H26FN3O3. The number of piperazine rings is 1. The highest BCUT2D eigenvalue weighted by Gasteiger charge is 2.23. The largest absolute Gasteiger partial charge is 0.497 e. The molecule has 0 atom stereocenters. The summed E-state index contributed by atoms with van der Waals surface area (Å²) < 4.78 is 23.7. The Labute approximate surface area is 164 Å². The van der Waals surface area contributed by atoms with Crippen molar-refractivity contribution in [2.75, 3.05) is 51.8 Å². The number of methoxy groups -OCH3 is 2. The van der Waals surface area contributed by atoms with Crippen LogP contribution in [0.4, 0.5) is 14.9 Å². The van der Waals surface area contributed by atoms with Gasteiger partial charge in [0.1, 0.15) is 17.3 Å². The molecule has 0 radical (unpaired) electrons. The maximum Gasteiger partial charge on any atom is 0.317 e. The molecule has 0 unspecified atom stereocenters. The first-order chi connectivity index (χ1) is 13.6. The van der Waals surface area contributed by atoms with Gasteiger partial charge in [0.25, 0.3) is 0 Å². The van der Waals surface area contributed by atoms with Gasteiger partial charge < -0.3 is 24.6 Å². The fraction of sp³-hybridized carbons (Fsp3) is 0.381. The summed E-state index contributed by atoms with van der Waals surface area (Å²) in [7, 11) is 3.29. The lowest BCUT2D eigenvalue weighted by atomic mass is 10.1. The van der Waals surface area contributed by atoms with Crippen LogP contribution in [0.25, 0.3) is 0 Å². The van der Waals surface area contributed by atoms with E-state index in [9.17, 15) is 9.18 Å². The zero-order valence-electron chi connectivity index (χ0n) is 16.3. The quantitative estimate of drug-likeness (QED) is 0.828. The molecule has 1 fully saturated rings. The van der Waals surface area contributed by atoms with E-state index < -0.39 is 0 Å². The number of carbonyl (C=O) groups is 1. The van der Waals surface area contributed by atoms with Crippen LogP contribution in [0.1, 0.15) is 5.56 Å². The number of nitrogens with one attached hydrogen (secondary N) is 1. The van der Waals surface area contributed by atoms with Gasteiger partial charge in [0.05, 0.1) is 19.9 Å². The van der Waals surface area contributed by atoms with Crippen LogP contribution in [-0.2, 0) is 6.42 Å². The van der Waals surface area contributed by atoms with Crippen molar-refractivity contribution < 1.29 is 18.7 Å². The molecule has 2 aromatic carbocycles. The third-order valence-corrected chi connectivity index (χ3v) is 4.90. The van der Waals surface area contributed by atoms with Crippen LogP contribution in [-0.4, -0.2) is 57.9 Å². The average Bonchev–Trinajstić information content (AvgIpc) is 2.74. The monoisotopic (exact) mass is 387 g/mol. The smallest absolute Gasteiger partial charge is 0.317 e. The minimum absolute atomic E-state index is 0.0700. The van der Waals surface area contributed by atoms with Gasteiger partial charge in [0, 0.05) is 38.8 Å². The lowest BCUT2D eigenvalue weighted by Crippen LogP contribution is -2.52. The molecule has 2 amide bonds. The van der Waals surface area contributed by atoms with Gasteiger partial charge in [-0.1, -0.05) is 12.1 Å². The van der Waals surface area contributed by atoms with Gasteiger partial charge in [0.15, 0.2) is 0 Å². The highest BCUT2D eigenvalue weighted by Crippen LogP contribution is 2.32. The van der Waals surface area contributed by atoms with E-state index in [1.54, 1.807) is 26.4 Å². The molecule has 150 valence electrons. The van der Waals surface area contributed by atoms with Crippen LogP contribution in [0, 0.1) is 5.82 Å². The lowest BCUT2D eigenvalue weighted by Gasteiger charge is -2.36. The predicted molar refractivity (Wildman–Crippen MR) is 107 cm³/mol. The van der Waals surface area contributed by atoms with E-state index in [2.05, 4.69) is 10.2 Å². The molecule has 1 aliphatic rings. The minimum Gasteiger partial charge on any atom is -0.497 e. The molecule has 2 aromatic rings. The Hall–Kier alpha value is -2.96. The van der Waals surface area contributed by atoms with Crippen LogP contribution in [0.15, 0.2) is 42.5 Å². The molecule has 1 N–H and O–H groups in total. The van der Waals surface area contributed by atoms with E-state index >= 15 is 0 Å². The van der Waals surface area contributed by atoms with Gasteiger partial charge in [-0.15, -0.1) is 0 Å². The summed E-state index contributed by atoms with van der Waals surface area (Å²) in [5.74, 6) is 1.31. The van der Waals surface area contributed by atoms with E-state index in [1.807, 2.05) is 23.1 Å². The van der Waals surface area contributed by atoms with E-state index in [4.69, 9.17) is 9.47 Å². The Morgan fingerprint density at radius 2 is 1.75 bits per heavy atom. The number of hydrogen-bond donors (Lipinski definition) is 1. The fourth-order valence-electron chi connectivity index (χ4n) is 3.27. The summed E-state index contributed by atoms with van der Waals surface area (Å²) in [5, 5.41) is 2.94. The Bertz CT molecular complexity index is 790. The van der Waals surface area contributed by atoms with Gasteiger partial charge in [-0.3, -0.25) is 0 Å². The van der Waals surface area contributed by atoms with Gasteiger partial charge in [-0.05, 0) is 36.2 Å². The van der Waals surface area contributed by atoms with Gasteiger partial charge >= 0.3 is 6.03 Å². The number of hydrogen-bond acceptors (Lipinski definition) is 4. The van der Waals surface area contributed by atoms with E-state index in [0.29, 0.717) is 26.1 Å². The van der Waals surface area contributed by atoms with Crippen molar-refractivity contribution in [3.05, 3.63) is 53.8 Å². The van der Waals surface area contributed by atoms with Crippen molar-refractivity contribution in [1.29, 1.82) is 0 Å². The van der Waals surface area contributed by atoms with Crippen molar-refractivity contribution in [1.82, 2.24) is 10.2 Å². The third-order valence-electron chi connectivity index (χ3n) is 4.90. The number of halogens is 1. The lowest BCUT2D eigenvalue weighted by molar-refractivity contribution is 0.194. The molecule has 0 saturated carbocycles. The first-order valence-electron chi connectivity index (χ1n) is 9.35. The Kier molecular flexibility index (Phi) is 6.57. The molecule has 0 aliphatic carbocycles. The molecule has 3 rings (SSSR count). The number of urea groups is 1. The maximum absolute atomic E-state index is 12.9. The number of amides is 2. The standard InChI is InChI=1S/C21H26FN3O3/c1-27-18-7-8-20(28-2)19(15-18)24-11-13-25(14-12-24)21(26)23-10-9-16-3-5-17(22)6-4-16/h3-8,15H,9-14H2,1-2H3,(H,23,26). The van der Waals surface area contributed by atoms with Crippen molar-refractivity contribution in [3.63, 3.8) is 0 Å². The molecule has 0 bridgehead atoms. The zero-order chi connectivity index (χ0) is 19.9. The van der Waals surface area contributed by atoms with Crippen molar-refractivity contribution >= 4 is 11.7 Å². The maximum atomic E-state index is 12.9. The van der Waals surface area contributed by atoms with Crippen LogP contribution in [0.2, 0.25) is 0 Å².